The summed E-state index contributed by atoms with van der Waals surface area (Å²) in [5.74, 6) is -0.280. The van der Waals surface area contributed by atoms with Gasteiger partial charge in [0.25, 0.3) is 0 Å². The van der Waals surface area contributed by atoms with Gasteiger partial charge in [-0.05, 0) is 24.1 Å². The van der Waals surface area contributed by atoms with Gasteiger partial charge in [0.2, 0.25) is 0 Å². The molecule has 1 aliphatic heterocycles. The zero-order valence-electron chi connectivity index (χ0n) is 11.3. The molecule has 1 atom stereocenters. The SMILES string of the molecule is COC(=O)CC1(c2cccc(CN=[N+]=[N-])n2)CCOC1. The van der Waals surface area contributed by atoms with Crippen molar-refractivity contribution in [2.45, 2.75) is 24.8 Å². The zero-order valence-corrected chi connectivity index (χ0v) is 11.3. The minimum atomic E-state index is -0.445. The van der Waals surface area contributed by atoms with Crippen molar-refractivity contribution in [3.8, 4) is 0 Å². The number of azide groups is 1. The Morgan fingerprint density at radius 2 is 2.50 bits per heavy atom. The summed E-state index contributed by atoms with van der Waals surface area (Å²) in [4.78, 5) is 18.9. The molecule has 1 saturated heterocycles. The van der Waals surface area contributed by atoms with Gasteiger partial charge in [0.05, 0.1) is 26.7 Å². The number of esters is 1. The third-order valence-electron chi connectivity index (χ3n) is 3.46. The average Bonchev–Trinajstić information content (AvgIpc) is 2.95. The molecule has 106 valence electrons. The Morgan fingerprint density at radius 3 is 3.15 bits per heavy atom. The van der Waals surface area contributed by atoms with Crippen LogP contribution in [0, 0.1) is 0 Å². The molecule has 0 radical (unpaired) electrons. The summed E-state index contributed by atoms with van der Waals surface area (Å²) < 4.78 is 10.2. The van der Waals surface area contributed by atoms with Crippen molar-refractivity contribution in [2.24, 2.45) is 5.11 Å². The Labute approximate surface area is 116 Å². The number of rotatable bonds is 5. The van der Waals surface area contributed by atoms with Crippen LogP contribution in [0.5, 0.6) is 0 Å². The fourth-order valence-electron chi connectivity index (χ4n) is 2.35. The van der Waals surface area contributed by atoms with Gasteiger partial charge < -0.3 is 9.47 Å². The number of carbonyl (C=O) groups is 1. The van der Waals surface area contributed by atoms with E-state index in [-0.39, 0.29) is 18.9 Å². The summed E-state index contributed by atoms with van der Waals surface area (Å²) in [6.07, 6.45) is 0.960. The van der Waals surface area contributed by atoms with Crippen LogP contribution in [0.3, 0.4) is 0 Å². The van der Waals surface area contributed by atoms with Gasteiger partial charge in [0.15, 0.2) is 0 Å². The molecular formula is C13H16N4O3. The monoisotopic (exact) mass is 276 g/mol. The average molecular weight is 276 g/mol. The minimum Gasteiger partial charge on any atom is -0.469 e. The smallest absolute Gasteiger partial charge is 0.306 e. The lowest BCUT2D eigenvalue weighted by atomic mass is 9.80. The van der Waals surface area contributed by atoms with Gasteiger partial charge in [-0.1, -0.05) is 11.2 Å². The molecule has 1 aliphatic rings. The molecule has 0 amide bonds. The van der Waals surface area contributed by atoms with Crippen LogP contribution >= 0.6 is 0 Å². The first-order valence-electron chi connectivity index (χ1n) is 6.32. The lowest BCUT2D eigenvalue weighted by Crippen LogP contribution is -2.31. The quantitative estimate of drug-likeness (QED) is 0.356. The second-order valence-electron chi connectivity index (χ2n) is 4.74. The van der Waals surface area contributed by atoms with E-state index in [9.17, 15) is 4.79 Å². The van der Waals surface area contributed by atoms with Gasteiger partial charge in [0, 0.05) is 28.3 Å². The summed E-state index contributed by atoms with van der Waals surface area (Å²) in [7, 11) is 1.37. The molecule has 7 heteroatoms. The molecule has 1 aromatic heterocycles. The molecule has 0 aliphatic carbocycles. The summed E-state index contributed by atoms with van der Waals surface area (Å²) in [5, 5.41) is 3.50. The maximum atomic E-state index is 11.6. The number of ether oxygens (including phenoxy) is 2. The summed E-state index contributed by atoms with van der Waals surface area (Å²) in [5.41, 5.74) is 9.37. The molecule has 2 rings (SSSR count). The van der Waals surface area contributed by atoms with Crippen LogP contribution in [0.4, 0.5) is 0 Å². The molecule has 1 fully saturated rings. The molecule has 1 unspecified atom stereocenters. The molecule has 2 heterocycles. The fraction of sp³-hybridized carbons (Fsp3) is 0.538. The molecule has 1 aromatic rings. The predicted molar refractivity (Wildman–Crippen MR) is 70.8 cm³/mol. The van der Waals surface area contributed by atoms with E-state index >= 15 is 0 Å². The van der Waals surface area contributed by atoms with Crippen molar-refractivity contribution in [1.82, 2.24) is 4.98 Å². The highest BCUT2D eigenvalue weighted by atomic mass is 16.5. The van der Waals surface area contributed by atoms with Crippen LogP contribution in [0.15, 0.2) is 23.3 Å². The first-order chi connectivity index (χ1) is 9.70. The number of carbonyl (C=O) groups excluding carboxylic acids is 1. The maximum absolute atomic E-state index is 11.6. The zero-order chi connectivity index (χ0) is 14.4. The summed E-state index contributed by atoms with van der Waals surface area (Å²) in [6, 6.07) is 5.51. The lowest BCUT2D eigenvalue weighted by Gasteiger charge is -2.25. The van der Waals surface area contributed by atoms with Crippen molar-refractivity contribution in [3.63, 3.8) is 0 Å². The van der Waals surface area contributed by atoms with Crippen molar-refractivity contribution in [3.05, 3.63) is 40.0 Å². The van der Waals surface area contributed by atoms with Crippen LogP contribution in [-0.2, 0) is 26.2 Å². The van der Waals surface area contributed by atoms with E-state index in [1.165, 1.54) is 7.11 Å². The normalized spacial score (nSPS) is 21.2. The number of nitrogens with zero attached hydrogens (tertiary/aromatic N) is 4. The molecule has 0 spiro atoms. The van der Waals surface area contributed by atoms with E-state index in [0.29, 0.717) is 18.9 Å². The Bertz CT molecular complexity index is 534. The molecule has 0 bridgehead atoms. The molecule has 20 heavy (non-hydrogen) atoms. The van der Waals surface area contributed by atoms with Crippen molar-refractivity contribution in [1.29, 1.82) is 0 Å². The summed E-state index contributed by atoms with van der Waals surface area (Å²) >= 11 is 0. The van der Waals surface area contributed by atoms with Gasteiger partial charge in [-0.3, -0.25) is 9.78 Å². The van der Waals surface area contributed by atoms with Crippen LogP contribution < -0.4 is 0 Å². The molecule has 0 saturated carbocycles. The first kappa shape index (κ1) is 14.3. The van der Waals surface area contributed by atoms with E-state index < -0.39 is 5.41 Å². The van der Waals surface area contributed by atoms with Crippen LogP contribution in [0.25, 0.3) is 10.4 Å². The Hall–Kier alpha value is -2.11. The number of methoxy groups -OCH3 is 1. The van der Waals surface area contributed by atoms with Crippen LogP contribution in [-0.4, -0.2) is 31.3 Å². The minimum absolute atomic E-state index is 0.194. The van der Waals surface area contributed by atoms with E-state index in [1.807, 2.05) is 12.1 Å². The lowest BCUT2D eigenvalue weighted by molar-refractivity contribution is -0.142. The number of aromatic nitrogens is 1. The standard InChI is InChI=1S/C13H16N4O3/c1-19-12(18)7-13(5-6-20-9-13)11-4-2-3-10(16-11)8-15-17-14/h2-4H,5-9H2,1H3. The van der Waals surface area contributed by atoms with E-state index in [4.69, 9.17) is 15.0 Å². The van der Waals surface area contributed by atoms with Crippen molar-refractivity contribution < 1.29 is 14.3 Å². The maximum Gasteiger partial charge on any atom is 0.306 e. The Kier molecular flexibility index (Phi) is 4.55. The molecule has 0 aromatic carbocycles. The Balaban J connectivity index is 2.29. The second kappa shape index (κ2) is 6.36. The van der Waals surface area contributed by atoms with Gasteiger partial charge in [0.1, 0.15) is 0 Å². The third-order valence-corrected chi connectivity index (χ3v) is 3.46. The third kappa shape index (κ3) is 3.07. The molecule has 7 nitrogen and oxygen atoms in total. The van der Waals surface area contributed by atoms with Crippen LogP contribution in [0.2, 0.25) is 0 Å². The molecule has 0 N–H and O–H groups in total. The largest absolute Gasteiger partial charge is 0.469 e. The van der Waals surface area contributed by atoms with E-state index in [1.54, 1.807) is 6.07 Å². The highest BCUT2D eigenvalue weighted by molar-refractivity contribution is 5.71. The molecular weight excluding hydrogens is 260 g/mol. The van der Waals surface area contributed by atoms with Gasteiger partial charge in [-0.2, -0.15) is 0 Å². The fourth-order valence-corrected chi connectivity index (χ4v) is 2.35. The number of hydrogen-bond acceptors (Lipinski definition) is 5. The number of pyridine rings is 1. The summed E-state index contributed by atoms with van der Waals surface area (Å²) in [6.45, 7) is 1.23. The van der Waals surface area contributed by atoms with Gasteiger partial charge in [-0.15, -0.1) is 0 Å². The van der Waals surface area contributed by atoms with E-state index in [2.05, 4.69) is 15.0 Å². The van der Waals surface area contributed by atoms with Crippen molar-refractivity contribution in [2.75, 3.05) is 20.3 Å². The Morgan fingerprint density at radius 1 is 1.65 bits per heavy atom. The first-order valence-corrected chi connectivity index (χ1v) is 6.32. The van der Waals surface area contributed by atoms with Gasteiger partial charge in [-0.25, -0.2) is 0 Å². The van der Waals surface area contributed by atoms with Crippen molar-refractivity contribution >= 4 is 5.97 Å². The highest BCUT2D eigenvalue weighted by Gasteiger charge is 2.40. The number of hydrogen-bond donors (Lipinski definition) is 0. The second-order valence-corrected chi connectivity index (χ2v) is 4.74. The van der Waals surface area contributed by atoms with Gasteiger partial charge >= 0.3 is 5.97 Å². The van der Waals surface area contributed by atoms with E-state index in [0.717, 1.165) is 12.1 Å². The topological polar surface area (TPSA) is 97.2 Å². The highest BCUT2D eigenvalue weighted by Crippen LogP contribution is 2.35. The predicted octanol–water partition coefficient (Wildman–Crippen LogP) is 2.11. The van der Waals surface area contributed by atoms with Crippen LogP contribution in [0.1, 0.15) is 24.2 Å².